The molecule has 0 aliphatic carbocycles. The summed E-state index contributed by atoms with van der Waals surface area (Å²) in [5.74, 6) is 1.02. The molecule has 0 aromatic heterocycles. The molecule has 1 N–H and O–H groups in total. The Labute approximate surface area is 150 Å². The molecule has 0 fully saturated rings. The molecule has 0 radical (unpaired) electrons. The fourth-order valence-corrected chi connectivity index (χ4v) is 2.91. The summed E-state index contributed by atoms with van der Waals surface area (Å²) >= 11 is 0. The van der Waals surface area contributed by atoms with E-state index in [1.807, 2.05) is 4.83 Å². The van der Waals surface area contributed by atoms with E-state index >= 15 is 0 Å². The van der Waals surface area contributed by atoms with Gasteiger partial charge in [-0.15, -0.1) is 0 Å². The minimum atomic E-state index is -4.05. The Morgan fingerprint density at radius 1 is 1.15 bits per heavy atom. The van der Waals surface area contributed by atoms with Crippen LogP contribution in [-0.4, -0.2) is 33.8 Å². The average Bonchev–Trinajstić information content (AvgIpc) is 2.61. The summed E-state index contributed by atoms with van der Waals surface area (Å²) in [6.45, 7) is 1.52. The summed E-state index contributed by atoms with van der Waals surface area (Å²) in [7, 11) is -1.08. The Morgan fingerprint density at radius 2 is 1.88 bits per heavy atom. The molecule has 0 aliphatic rings. The predicted molar refractivity (Wildman–Crippen MR) is 95.3 cm³/mol. The van der Waals surface area contributed by atoms with E-state index < -0.39 is 14.9 Å². The first-order valence-electron chi connectivity index (χ1n) is 7.30. The third-order valence-electron chi connectivity index (χ3n) is 3.50. The highest BCUT2D eigenvalue weighted by Crippen LogP contribution is 2.24. The van der Waals surface area contributed by atoms with Crippen molar-refractivity contribution in [3.63, 3.8) is 0 Å². The zero-order chi connectivity index (χ0) is 19.3. The summed E-state index contributed by atoms with van der Waals surface area (Å²) in [5.41, 5.74) is 0.597. The van der Waals surface area contributed by atoms with Gasteiger partial charge in [0.1, 0.15) is 11.5 Å². The molecule has 9 nitrogen and oxygen atoms in total. The van der Waals surface area contributed by atoms with Crippen LogP contribution in [0.1, 0.15) is 11.1 Å². The fourth-order valence-electron chi connectivity index (χ4n) is 2.10. The SMILES string of the molecule is COc1ccc(/C=N\NS(=O)(=O)c2ccc(C)c([N+](=O)[O-])c2)c(OC)c1. The highest BCUT2D eigenvalue weighted by molar-refractivity contribution is 7.89. The van der Waals surface area contributed by atoms with Crippen molar-refractivity contribution < 1.29 is 22.8 Å². The fraction of sp³-hybridized carbons (Fsp3) is 0.188. The number of hydrazone groups is 1. The molecule has 0 unspecified atom stereocenters. The van der Waals surface area contributed by atoms with E-state index in [4.69, 9.17) is 9.47 Å². The normalized spacial score (nSPS) is 11.3. The second-order valence-corrected chi connectivity index (χ2v) is 6.83. The van der Waals surface area contributed by atoms with Crippen LogP contribution in [0.15, 0.2) is 46.4 Å². The number of hydrogen-bond donors (Lipinski definition) is 1. The van der Waals surface area contributed by atoms with Crippen LogP contribution in [0.4, 0.5) is 5.69 Å². The molecule has 2 rings (SSSR count). The number of nitro groups is 1. The Balaban J connectivity index is 2.24. The standard InChI is InChI=1S/C16H17N3O6S/c1-11-4-7-14(9-15(11)19(20)21)26(22,23)18-17-10-12-5-6-13(24-2)8-16(12)25-3/h4-10,18H,1-3H3/b17-10-. The van der Waals surface area contributed by atoms with Crippen LogP contribution < -0.4 is 14.3 Å². The van der Waals surface area contributed by atoms with E-state index in [9.17, 15) is 18.5 Å². The lowest BCUT2D eigenvalue weighted by molar-refractivity contribution is -0.385. The van der Waals surface area contributed by atoms with Crippen molar-refractivity contribution in [2.75, 3.05) is 14.2 Å². The quantitative estimate of drug-likeness (QED) is 0.447. The third-order valence-corrected chi connectivity index (χ3v) is 4.73. The van der Waals surface area contributed by atoms with Gasteiger partial charge in [-0.25, -0.2) is 4.83 Å². The summed E-state index contributed by atoms with van der Waals surface area (Å²) < 4.78 is 34.8. The number of hydrogen-bond acceptors (Lipinski definition) is 7. The highest BCUT2D eigenvalue weighted by atomic mass is 32.2. The smallest absolute Gasteiger partial charge is 0.276 e. The summed E-state index contributed by atoms with van der Waals surface area (Å²) in [4.78, 5) is 12.1. The molecule has 2 aromatic rings. The van der Waals surface area contributed by atoms with Gasteiger partial charge in [-0.2, -0.15) is 13.5 Å². The van der Waals surface area contributed by atoms with Crippen LogP contribution in [0.25, 0.3) is 0 Å². The third kappa shape index (κ3) is 4.28. The van der Waals surface area contributed by atoms with Gasteiger partial charge in [-0.3, -0.25) is 10.1 Å². The number of sulfonamides is 1. The van der Waals surface area contributed by atoms with Gasteiger partial charge in [0.15, 0.2) is 0 Å². The lowest BCUT2D eigenvalue weighted by atomic mass is 10.2. The Bertz CT molecular complexity index is 956. The molecular formula is C16H17N3O6S. The molecule has 0 saturated carbocycles. The average molecular weight is 379 g/mol. The van der Waals surface area contributed by atoms with Crippen LogP contribution >= 0.6 is 0 Å². The number of nitro benzene ring substituents is 1. The zero-order valence-electron chi connectivity index (χ0n) is 14.3. The Morgan fingerprint density at radius 3 is 2.50 bits per heavy atom. The highest BCUT2D eigenvalue weighted by Gasteiger charge is 2.19. The second-order valence-electron chi connectivity index (χ2n) is 5.17. The minimum Gasteiger partial charge on any atom is -0.497 e. The van der Waals surface area contributed by atoms with E-state index in [1.165, 1.54) is 39.5 Å². The van der Waals surface area contributed by atoms with Crippen molar-refractivity contribution >= 4 is 21.9 Å². The molecule has 0 bridgehead atoms. The largest absolute Gasteiger partial charge is 0.497 e. The van der Waals surface area contributed by atoms with Gasteiger partial charge in [-0.1, -0.05) is 6.07 Å². The lowest BCUT2D eigenvalue weighted by Gasteiger charge is -2.07. The van der Waals surface area contributed by atoms with Crippen molar-refractivity contribution in [2.24, 2.45) is 5.10 Å². The number of nitrogens with one attached hydrogen (secondary N) is 1. The van der Waals surface area contributed by atoms with Crippen molar-refractivity contribution in [3.8, 4) is 11.5 Å². The van der Waals surface area contributed by atoms with Crippen LogP contribution in [0, 0.1) is 17.0 Å². The van der Waals surface area contributed by atoms with Gasteiger partial charge >= 0.3 is 0 Å². The molecule has 10 heteroatoms. The molecule has 0 atom stereocenters. The van der Waals surface area contributed by atoms with Crippen molar-refractivity contribution in [2.45, 2.75) is 11.8 Å². The number of nitrogens with zero attached hydrogens (tertiary/aromatic N) is 2. The van der Waals surface area contributed by atoms with Gasteiger partial charge in [0, 0.05) is 23.3 Å². The van der Waals surface area contributed by atoms with Gasteiger partial charge in [0.25, 0.3) is 15.7 Å². The van der Waals surface area contributed by atoms with E-state index in [2.05, 4.69) is 5.10 Å². The van der Waals surface area contributed by atoms with Crippen molar-refractivity contribution in [3.05, 3.63) is 57.6 Å². The van der Waals surface area contributed by atoms with E-state index in [0.717, 1.165) is 6.07 Å². The summed E-state index contributed by atoms with van der Waals surface area (Å²) in [6, 6.07) is 8.56. The first-order valence-corrected chi connectivity index (χ1v) is 8.78. The number of rotatable bonds is 7. The van der Waals surface area contributed by atoms with Gasteiger partial charge in [0.2, 0.25) is 0 Å². The molecule has 0 amide bonds. The van der Waals surface area contributed by atoms with Crippen molar-refractivity contribution in [1.29, 1.82) is 0 Å². The van der Waals surface area contributed by atoms with Gasteiger partial charge in [0.05, 0.1) is 30.3 Å². The molecule has 0 saturated heterocycles. The lowest BCUT2D eigenvalue weighted by Crippen LogP contribution is -2.18. The minimum absolute atomic E-state index is 0.256. The molecular weight excluding hydrogens is 362 g/mol. The number of ether oxygens (including phenoxy) is 2. The van der Waals surface area contributed by atoms with E-state index in [1.54, 1.807) is 18.2 Å². The number of benzene rings is 2. The second kappa shape index (κ2) is 7.83. The van der Waals surface area contributed by atoms with Crippen LogP contribution in [-0.2, 0) is 10.0 Å². The number of aryl methyl sites for hydroxylation is 1. The van der Waals surface area contributed by atoms with Crippen molar-refractivity contribution in [1.82, 2.24) is 4.83 Å². The summed E-state index contributed by atoms with van der Waals surface area (Å²) in [6.07, 6.45) is 1.26. The Kier molecular flexibility index (Phi) is 5.78. The van der Waals surface area contributed by atoms with E-state index in [0.29, 0.717) is 22.6 Å². The monoisotopic (exact) mass is 379 g/mol. The maximum atomic E-state index is 12.3. The zero-order valence-corrected chi connectivity index (χ0v) is 15.1. The molecule has 0 aliphatic heterocycles. The van der Waals surface area contributed by atoms with E-state index in [-0.39, 0.29) is 10.6 Å². The van der Waals surface area contributed by atoms with Crippen LogP contribution in [0.2, 0.25) is 0 Å². The Hall–Kier alpha value is -3.14. The maximum absolute atomic E-state index is 12.3. The van der Waals surface area contributed by atoms with Crippen LogP contribution in [0.3, 0.4) is 0 Å². The molecule has 0 spiro atoms. The van der Waals surface area contributed by atoms with Gasteiger partial charge < -0.3 is 9.47 Å². The summed E-state index contributed by atoms with van der Waals surface area (Å²) in [5, 5.41) is 14.7. The first-order chi connectivity index (χ1) is 12.3. The maximum Gasteiger partial charge on any atom is 0.276 e. The molecule has 2 aromatic carbocycles. The topological polar surface area (TPSA) is 120 Å². The number of methoxy groups -OCH3 is 2. The molecule has 0 heterocycles. The molecule has 138 valence electrons. The van der Waals surface area contributed by atoms with Crippen LogP contribution in [0.5, 0.6) is 11.5 Å². The van der Waals surface area contributed by atoms with Gasteiger partial charge in [-0.05, 0) is 25.1 Å². The predicted octanol–water partition coefficient (Wildman–Crippen LogP) is 2.23. The molecule has 26 heavy (non-hydrogen) atoms. The first kappa shape index (κ1) is 19.2.